The first-order chi connectivity index (χ1) is 18.6. The van der Waals surface area contributed by atoms with E-state index in [2.05, 4.69) is 63.5 Å². The Hall–Kier alpha value is -4.44. The van der Waals surface area contributed by atoms with E-state index in [4.69, 9.17) is 13.9 Å². The Balaban J connectivity index is 1.37. The standard InChI is InChI=1S/C28H28N6O4/c1-3-24(27-30-31-32-34(27)16-22-5-4-10-36-22)33(14-19-8-6-18(2)7-9-19)15-21-11-20-12-25-26(38-17-37-25)13-23(20)29-28(21)35/h4-13,24H,3,14-17H2,1-2H3,(H,29,35)/t24-/m1/s1. The fourth-order valence-corrected chi connectivity index (χ4v) is 4.90. The maximum Gasteiger partial charge on any atom is 0.252 e. The van der Waals surface area contributed by atoms with Gasteiger partial charge in [0.2, 0.25) is 6.79 Å². The van der Waals surface area contributed by atoms with E-state index in [1.165, 1.54) is 5.56 Å². The first-order valence-electron chi connectivity index (χ1n) is 12.6. The molecule has 0 spiro atoms. The first-order valence-corrected chi connectivity index (χ1v) is 12.6. The van der Waals surface area contributed by atoms with Gasteiger partial charge in [-0.3, -0.25) is 9.69 Å². The second-order valence-corrected chi connectivity index (χ2v) is 9.51. The number of nitrogens with one attached hydrogen (secondary N) is 1. The van der Waals surface area contributed by atoms with Crippen LogP contribution in [0, 0.1) is 6.92 Å². The molecule has 38 heavy (non-hydrogen) atoms. The lowest BCUT2D eigenvalue weighted by atomic mass is 10.1. The molecule has 10 nitrogen and oxygen atoms in total. The second-order valence-electron chi connectivity index (χ2n) is 9.51. The van der Waals surface area contributed by atoms with Gasteiger partial charge in [0.15, 0.2) is 17.3 Å². The van der Waals surface area contributed by atoms with Gasteiger partial charge in [0, 0.05) is 30.1 Å². The SMILES string of the molecule is CC[C@H](c1nnnn1Cc1ccco1)N(Cc1ccc(C)cc1)Cc1cc2cc3c(cc2[nH]c1=O)OCO3. The summed E-state index contributed by atoms with van der Waals surface area (Å²) in [6, 6.07) is 17.7. The van der Waals surface area contributed by atoms with Gasteiger partial charge in [-0.25, -0.2) is 4.68 Å². The Labute approximate surface area is 218 Å². The Kier molecular flexibility index (Phi) is 6.38. The smallest absolute Gasteiger partial charge is 0.252 e. The minimum atomic E-state index is -0.145. The molecular formula is C28H28N6O4. The number of furan rings is 1. The number of H-pyrrole nitrogens is 1. The van der Waals surface area contributed by atoms with Gasteiger partial charge in [0.25, 0.3) is 5.56 Å². The highest BCUT2D eigenvalue weighted by atomic mass is 16.7. The molecule has 194 valence electrons. The fraction of sp³-hybridized carbons (Fsp3) is 0.286. The number of tetrazole rings is 1. The summed E-state index contributed by atoms with van der Waals surface area (Å²) in [5.41, 5.74) is 3.55. The van der Waals surface area contributed by atoms with E-state index >= 15 is 0 Å². The molecule has 0 saturated heterocycles. The van der Waals surface area contributed by atoms with Gasteiger partial charge in [-0.2, -0.15) is 0 Å². The number of aryl methyl sites for hydroxylation is 1. The number of benzene rings is 2. The molecule has 0 bridgehead atoms. The average Bonchev–Trinajstić information content (AvgIpc) is 3.68. The van der Waals surface area contributed by atoms with Crippen LogP contribution >= 0.6 is 0 Å². The predicted octanol–water partition coefficient (Wildman–Crippen LogP) is 4.35. The molecule has 1 N–H and O–H groups in total. The van der Waals surface area contributed by atoms with Crippen LogP contribution in [0.25, 0.3) is 10.9 Å². The van der Waals surface area contributed by atoms with Crippen molar-refractivity contribution in [2.24, 2.45) is 0 Å². The number of rotatable bonds is 9. The van der Waals surface area contributed by atoms with Crippen LogP contribution in [0.4, 0.5) is 0 Å². The van der Waals surface area contributed by atoms with Crippen LogP contribution in [-0.2, 0) is 19.6 Å². The highest BCUT2D eigenvalue weighted by Crippen LogP contribution is 2.35. The number of nitrogens with zero attached hydrogens (tertiary/aromatic N) is 5. The largest absolute Gasteiger partial charge is 0.467 e. The van der Waals surface area contributed by atoms with Gasteiger partial charge >= 0.3 is 0 Å². The number of ether oxygens (including phenoxy) is 2. The zero-order chi connectivity index (χ0) is 26.1. The molecule has 6 rings (SSSR count). The van der Waals surface area contributed by atoms with Gasteiger partial charge in [-0.05, 0) is 53.6 Å². The molecule has 1 aliphatic heterocycles. The highest BCUT2D eigenvalue weighted by Gasteiger charge is 2.27. The van der Waals surface area contributed by atoms with Crippen LogP contribution in [0.5, 0.6) is 11.5 Å². The Morgan fingerprint density at radius 2 is 1.89 bits per heavy atom. The quantitative estimate of drug-likeness (QED) is 0.310. The topological polar surface area (TPSA) is 111 Å². The van der Waals surface area contributed by atoms with Crippen molar-refractivity contribution in [3.8, 4) is 11.5 Å². The van der Waals surface area contributed by atoms with Crippen molar-refractivity contribution in [1.82, 2.24) is 30.1 Å². The fourth-order valence-electron chi connectivity index (χ4n) is 4.90. The van der Waals surface area contributed by atoms with Gasteiger partial charge in [0.05, 0.1) is 17.8 Å². The van der Waals surface area contributed by atoms with Crippen molar-refractivity contribution in [2.45, 2.75) is 45.9 Å². The van der Waals surface area contributed by atoms with Gasteiger partial charge in [0.1, 0.15) is 12.3 Å². The molecule has 5 aromatic rings. The van der Waals surface area contributed by atoms with Gasteiger partial charge < -0.3 is 18.9 Å². The lowest BCUT2D eigenvalue weighted by molar-refractivity contribution is 0.161. The third kappa shape index (κ3) is 4.78. The Morgan fingerprint density at radius 1 is 1.08 bits per heavy atom. The number of fused-ring (bicyclic) bond motifs is 2. The minimum Gasteiger partial charge on any atom is -0.467 e. The summed E-state index contributed by atoms with van der Waals surface area (Å²) >= 11 is 0. The number of aromatic nitrogens is 5. The van der Waals surface area contributed by atoms with Crippen LogP contribution in [-0.4, -0.2) is 36.9 Å². The van der Waals surface area contributed by atoms with E-state index in [-0.39, 0.29) is 18.4 Å². The minimum absolute atomic E-state index is 0.143. The normalized spacial score (nSPS) is 13.4. The molecule has 4 heterocycles. The summed E-state index contributed by atoms with van der Waals surface area (Å²) in [4.78, 5) is 18.5. The Morgan fingerprint density at radius 3 is 2.66 bits per heavy atom. The molecule has 0 fully saturated rings. The van der Waals surface area contributed by atoms with Crippen molar-refractivity contribution < 1.29 is 13.9 Å². The maximum atomic E-state index is 13.2. The summed E-state index contributed by atoms with van der Waals surface area (Å²) < 4.78 is 18.3. The maximum absolute atomic E-state index is 13.2. The summed E-state index contributed by atoms with van der Waals surface area (Å²) in [6.07, 6.45) is 2.38. The summed E-state index contributed by atoms with van der Waals surface area (Å²) in [5.74, 6) is 2.80. The van der Waals surface area contributed by atoms with E-state index in [0.29, 0.717) is 42.2 Å². The number of aromatic amines is 1. The second kappa shape index (κ2) is 10.1. The van der Waals surface area contributed by atoms with Crippen molar-refractivity contribution in [3.63, 3.8) is 0 Å². The molecule has 1 atom stereocenters. The van der Waals surface area contributed by atoms with E-state index in [0.717, 1.165) is 29.0 Å². The molecule has 0 unspecified atom stereocenters. The van der Waals surface area contributed by atoms with E-state index in [9.17, 15) is 4.79 Å². The monoisotopic (exact) mass is 512 g/mol. The first kappa shape index (κ1) is 23.9. The number of hydrogen-bond donors (Lipinski definition) is 1. The van der Waals surface area contributed by atoms with Crippen LogP contribution in [0.1, 0.15) is 47.7 Å². The molecule has 3 aromatic heterocycles. The molecule has 2 aromatic carbocycles. The summed E-state index contributed by atoms with van der Waals surface area (Å²) in [6.45, 7) is 5.79. The predicted molar refractivity (Wildman–Crippen MR) is 140 cm³/mol. The molecule has 0 aliphatic carbocycles. The lowest BCUT2D eigenvalue weighted by Crippen LogP contribution is -2.32. The number of pyridine rings is 1. The van der Waals surface area contributed by atoms with Crippen molar-refractivity contribution in [1.29, 1.82) is 0 Å². The summed E-state index contributed by atoms with van der Waals surface area (Å²) in [5, 5.41) is 13.5. The van der Waals surface area contributed by atoms with Crippen molar-refractivity contribution in [3.05, 3.63) is 99.5 Å². The van der Waals surface area contributed by atoms with E-state index < -0.39 is 0 Å². The highest BCUT2D eigenvalue weighted by molar-refractivity contribution is 5.83. The lowest BCUT2D eigenvalue weighted by Gasteiger charge is -2.30. The van der Waals surface area contributed by atoms with E-state index in [1.54, 1.807) is 10.9 Å². The van der Waals surface area contributed by atoms with Crippen LogP contribution in [0.2, 0.25) is 0 Å². The molecule has 0 saturated carbocycles. The Bertz CT molecular complexity index is 1610. The third-order valence-electron chi connectivity index (χ3n) is 6.86. The van der Waals surface area contributed by atoms with Crippen LogP contribution in [0.3, 0.4) is 0 Å². The van der Waals surface area contributed by atoms with Crippen LogP contribution < -0.4 is 15.0 Å². The van der Waals surface area contributed by atoms with Crippen molar-refractivity contribution in [2.75, 3.05) is 6.79 Å². The zero-order valence-corrected chi connectivity index (χ0v) is 21.3. The molecular weight excluding hydrogens is 484 g/mol. The van der Waals surface area contributed by atoms with Crippen LogP contribution in [0.15, 0.2) is 70.1 Å². The van der Waals surface area contributed by atoms with Gasteiger partial charge in [-0.15, -0.1) is 5.10 Å². The summed E-state index contributed by atoms with van der Waals surface area (Å²) in [7, 11) is 0. The van der Waals surface area contributed by atoms with Crippen molar-refractivity contribution >= 4 is 10.9 Å². The average molecular weight is 513 g/mol. The van der Waals surface area contributed by atoms with Gasteiger partial charge in [-0.1, -0.05) is 36.8 Å². The zero-order valence-electron chi connectivity index (χ0n) is 21.3. The van der Waals surface area contributed by atoms with E-state index in [1.807, 2.05) is 30.3 Å². The third-order valence-corrected chi connectivity index (χ3v) is 6.86. The molecule has 0 radical (unpaired) electrons. The molecule has 10 heteroatoms. The number of hydrogen-bond acceptors (Lipinski definition) is 8. The molecule has 1 aliphatic rings. The molecule has 0 amide bonds.